The largest absolute Gasteiger partial charge is 0.508 e. The van der Waals surface area contributed by atoms with E-state index in [0.29, 0.717) is 17.6 Å². The van der Waals surface area contributed by atoms with Gasteiger partial charge in [-0.05, 0) is 62.1 Å². The molecule has 2 N–H and O–H groups in total. The van der Waals surface area contributed by atoms with E-state index in [4.69, 9.17) is 4.74 Å². The van der Waals surface area contributed by atoms with Gasteiger partial charge in [0.15, 0.2) is 0 Å². The molecule has 1 saturated carbocycles. The molecule has 1 heterocycles. The Balaban J connectivity index is 1.95. The Kier molecular flexibility index (Phi) is 4.83. The number of fused-ring (bicyclic) bond motifs is 3. The van der Waals surface area contributed by atoms with Crippen LogP contribution >= 0.6 is 0 Å². The number of phenols is 1. The van der Waals surface area contributed by atoms with E-state index in [9.17, 15) is 10.2 Å². The molecule has 0 saturated heterocycles. The van der Waals surface area contributed by atoms with E-state index >= 15 is 0 Å². The summed E-state index contributed by atoms with van der Waals surface area (Å²) in [5, 5.41) is 21.6. The number of phenolic OH excluding ortho intramolecular Hbond substituents is 1. The summed E-state index contributed by atoms with van der Waals surface area (Å²) in [6, 6.07) is 4.01. The Morgan fingerprint density at radius 3 is 2.71 bits per heavy atom. The number of unbranched alkanes of at least 4 members (excludes halogenated alkanes) is 2. The molecule has 0 spiro atoms. The quantitative estimate of drug-likeness (QED) is 0.762. The molecule has 2 aliphatic rings. The molecule has 0 aromatic heterocycles. The summed E-state index contributed by atoms with van der Waals surface area (Å²) in [6.07, 6.45) is 5.99. The molecule has 4 unspecified atom stereocenters. The lowest BCUT2D eigenvalue weighted by atomic mass is 9.65. The van der Waals surface area contributed by atoms with Crippen LogP contribution in [-0.2, 0) is 6.42 Å². The van der Waals surface area contributed by atoms with Gasteiger partial charge in [-0.3, -0.25) is 0 Å². The Morgan fingerprint density at radius 1 is 1.29 bits per heavy atom. The van der Waals surface area contributed by atoms with E-state index in [0.717, 1.165) is 42.6 Å². The smallest absolute Gasteiger partial charge is 0.134 e. The van der Waals surface area contributed by atoms with Crippen molar-refractivity contribution in [3.63, 3.8) is 0 Å². The van der Waals surface area contributed by atoms with Crippen LogP contribution in [-0.4, -0.2) is 21.9 Å². The van der Waals surface area contributed by atoms with E-state index in [1.165, 1.54) is 12.8 Å². The maximum atomic E-state index is 10.8. The van der Waals surface area contributed by atoms with Gasteiger partial charge in [0.25, 0.3) is 0 Å². The third-order valence-electron chi connectivity index (χ3n) is 6.08. The van der Waals surface area contributed by atoms with Crippen molar-refractivity contribution >= 4 is 0 Å². The molecule has 1 fully saturated rings. The summed E-state index contributed by atoms with van der Waals surface area (Å²) >= 11 is 0. The molecule has 0 amide bonds. The highest BCUT2D eigenvalue weighted by atomic mass is 16.5. The summed E-state index contributed by atoms with van der Waals surface area (Å²) in [4.78, 5) is 0. The van der Waals surface area contributed by atoms with Gasteiger partial charge in [0.05, 0.1) is 5.60 Å². The molecule has 24 heavy (non-hydrogen) atoms. The zero-order chi connectivity index (χ0) is 17.5. The zero-order valence-corrected chi connectivity index (χ0v) is 15.5. The van der Waals surface area contributed by atoms with Crippen LogP contribution in [0.1, 0.15) is 76.8 Å². The second-order valence-corrected chi connectivity index (χ2v) is 8.35. The summed E-state index contributed by atoms with van der Waals surface area (Å²) in [5.41, 5.74) is 1.24. The molecule has 0 radical (unpaired) electrons. The van der Waals surface area contributed by atoms with Crippen LogP contribution in [0.5, 0.6) is 11.5 Å². The average molecular weight is 332 g/mol. The molecule has 1 aliphatic heterocycles. The third-order valence-corrected chi connectivity index (χ3v) is 6.08. The van der Waals surface area contributed by atoms with Crippen molar-refractivity contribution in [1.29, 1.82) is 0 Å². The molecule has 3 nitrogen and oxygen atoms in total. The Bertz CT molecular complexity index is 591. The predicted octanol–water partition coefficient (Wildman–Crippen LogP) is 4.79. The Hall–Kier alpha value is -1.22. The molecule has 1 aromatic rings. The topological polar surface area (TPSA) is 49.7 Å². The first-order chi connectivity index (χ1) is 11.3. The van der Waals surface area contributed by atoms with Crippen molar-refractivity contribution in [1.82, 2.24) is 0 Å². The number of rotatable bonds is 5. The molecule has 4 atom stereocenters. The van der Waals surface area contributed by atoms with Crippen molar-refractivity contribution in [2.24, 2.45) is 11.8 Å². The van der Waals surface area contributed by atoms with Crippen LogP contribution in [0.4, 0.5) is 0 Å². The molecule has 3 rings (SSSR count). The summed E-state index contributed by atoms with van der Waals surface area (Å²) in [6.45, 7) is 8.54. The fourth-order valence-electron chi connectivity index (χ4n) is 4.67. The normalized spacial score (nSPS) is 31.7. The van der Waals surface area contributed by atoms with Crippen molar-refractivity contribution in [2.75, 3.05) is 0 Å². The maximum absolute atomic E-state index is 10.8. The molecule has 134 valence electrons. The van der Waals surface area contributed by atoms with Crippen LogP contribution in [0.2, 0.25) is 0 Å². The number of ether oxygens (including phenoxy) is 1. The summed E-state index contributed by atoms with van der Waals surface area (Å²) in [7, 11) is 0. The van der Waals surface area contributed by atoms with Gasteiger partial charge in [0.2, 0.25) is 0 Å². The van der Waals surface area contributed by atoms with Gasteiger partial charge in [-0.25, -0.2) is 0 Å². The lowest BCUT2D eigenvalue weighted by Gasteiger charge is -2.43. The summed E-state index contributed by atoms with van der Waals surface area (Å²) < 4.78 is 6.22. The van der Waals surface area contributed by atoms with Crippen molar-refractivity contribution in [3.8, 4) is 11.5 Å². The number of aromatic hydroxyl groups is 1. The summed E-state index contributed by atoms with van der Waals surface area (Å²) in [5.74, 6) is 2.19. The highest BCUT2D eigenvalue weighted by Crippen LogP contribution is 2.56. The molecule has 3 heteroatoms. The molecular weight excluding hydrogens is 300 g/mol. The van der Waals surface area contributed by atoms with Crippen LogP contribution < -0.4 is 4.74 Å². The minimum atomic E-state index is -0.829. The Labute approximate surface area is 146 Å². The van der Waals surface area contributed by atoms with Gasteiger partial charge in [-0.15, -0.1) is 0 Å². The van der Waals surface area contributed by atoms with Gasteiger partial charge < -0.3 is 14.9 Å². The molecular formula is C21H32O3. The highest BCUT2D eigenvalue weighted by Gasteiger charge is 2.53. The SMILES string of the molecule is CCCCCc1cc(O)c2c(c1)OC1C2C(C(C)C)CCC1(C)O. The van der Waals surface area contributed by atoms with Gasteiger partial charge in [-0.1, -0.05) is 33.6 Å². The van der Waals surface area contributed by atoms with E-state index in [2.05, 4.69) is 26.8 Å². The van der Waals surface area contributed by atoms with Gasteiger partial charge in [-0.2, -0.15) is 0 Å². The number of aliphatic hydroxyl groups is 1. The number of hydrogen-bond donors (Lipinski definition) is 2. The fourth-order valence-corrected chi connectivity index (χ4v) is 4.67. The lowest BCUT2D eigenvalue weighted by Crippen LogP contribution is -2.50. The van der Waals surface area contributed by atoms with Crippen molar-refractivity contribution in [2.45, 2.75) is 83.8 Å². The molecule has 0 bridgehead atoms. The van der Waals surface area contributed by atoms with E-state index in [1.807, 2.05) is 13.0 Å². The maximum Gasteiger partial charge on any atom is 0.134 e. The van der Waals surface area contributed by atoms with Gasteiger partial charge >= 0.3 is 0 Å². The number of aryl methyl sites for hydroxylation is 1. The second kappa shape index (κ2) is 6.59. The molecule has 1 aromatic carbocycles. The minimum Gasteiger partial charge on any atom is -0.508 e. The first-order valence-corrected chi connectivity index (χ1v) is 9.60. The van der Waals surface area contributed by atoms with Crippen LogP contribution in [0, 0.1) is 11.8 Å². The average Bonchev–Trinajstić information content (AvgIpc) is 2.88. The zero-order valence-electron chi connectivity index (χ0n) is 15.5. The van der Waals surface area contributed by atoms with E-state index in [-0.39, 0.29) is 12.0 Å². The second-order valence-electron chi connectivity index (χ2n) is 8.35. The van der Waals surface area contributed by atoms with Crippen molar-refractivity contribution in [3.05, 3.63) is 23.3 Å². The molecule has 1 aliphatic carbocycles. The Morgan fingerprint density at radius 2 is 2.04 bits per heavy atom. The predicted molar refractivity (Wildman–Crippen MR) is 96.7 cm³/mol. The first kappa shape index (κ1) is 17.6. The number of benzene rings is 1. The monoisotopic (exact) mass is 332 g/mol. The van der Waals surface area contributed by atoms with E-state index < -0.39 is 5.60 Å². The number of hydrogen-bond acceptors (Lipinski definition) is 3. The standard InChI is InChI=1S/C21H32O3/c1-5-6-7-8-14-11-16(22)19-17(12-14)24-20-18(19)15(13(2)3)9-10-21(20,4)23/h11-13,15,18,20,22-23H,5-10H2,1-4H3. The first-order valence-electron chi connectivity index (χ1n) is 9.60. The lowest BCUT2D eigenvalue weighted by molar-refractivity contribution is -0.0918. The highest BCUT2D eigenvalue weighted by molar-refractivity contribution is 5.54. The van der Waals surface area contributed by atoms with Crippen molar-refractivity contribution < 1.29 is 14.9 Å². The minimum absolute atomic E-state index is 0.0911. The van der Waals surface area contributed by atoms with Gasteiger partial charge in [0.1, 0.15) is 17.6 Å². The van der Waals surface area contributed by atoms with E-state index in [1.54, 1.807) is 0 Å². The van der Waals surface area contributed by atoms with Crippen LogP contribution in [0.15, 0.2) is 12.1 Å². The van der Waals surface area contributed by atoms with Crippen LogP contribution in [0.3, 0.4) is 0 Å². The van der Waals surface area contributed by atoms with Gasteiger partial charge in [0, 0.05) is 11.5 Å². The third kappa shape index (κ3) is 3.03. The fraction of sp³-hybridized carbons (Fsp3) is 0.714. The van der Waals surface area contributed by atoms with Crippen LogP contribution in [0.25, 0.3) is 0 Å².